The first-order valence-corrected chi connectivity index (χ1v) is 10.7. The molecule has 1 saturated heterocycles. The van der Waals surface area contributed by atoms with E-state index in [4.69, 9.17) is 4.98 Å². The van der Waals surface area contributed by atoms with Crippen molar-refractivity contribution in [3.8, 4) is 0 Å². The molecule has 1 aliphatic heterocycles. The fourth-order valence-corrected chi connectivity index (χ4v) is 5.75. The summed E-state index contributed by atoms with van der Waals surface area (Å²) in [6.07, 6.45) is 9.36. The van der Waals surface area contributed by atoms with Crippen LogP contribution in [0.15, 0.2) is 24.4 Å². The first kappa shape index (κ1) is 18.2. The van der Waals surface area contributed by atoms with E-state index in [1.54, 1.807) is 0 Å². The molecule has 0 bridgehead atoms. The lowest BCUT2D eigenvalue weighted by Crippen LogP contribution is -2.62. The van der Waals surface area contributed by atoms with Gasteiger partial charge in [0.1, 0.15) is 5.65 Å². The van der Waals surface area contributed by atoms with Crippen LogP contribution in [-0.4, -0.2) is 44.2 Å². The first-order valence-electron chi connectivity index (χ1n) is 10.7. The van der Waals surface area contributed by atoms with Crippen molar-refractivity contribution in [3.63, 3.8) is 0 Å². The van der Waals surface area contributed by atoms with Crippen molar-refractivity contribution in [3.05, 3.63) is 30.1 Å². The second-order valence-corrected chi connectivity index (χ2v) is 10.1. The van der Waals surface area contributed by atoms with E-state index in [0.717, 1.165) is 25.2 Å². The number of aromatic nitrogens is 2. The van der Waals surface area contributed by atoms with Crippen LogP contribution in [0.1, 0.15) is 51.1 Å². The predicted octanol–water partition coefficient (Wildman–Crippen LogP) is 3.30. The Morgan fingerprint density at radius 3 is 2.61 bits per heavy atom. The number of nitrogens with zero attached hydrogens (tertiary/aromatic N) is 3. The van der Waals surface area contributed by atoms with E-state index in [1.807, 2.05) is 11.8 Å². The molecule has 1 N–H and O–H groups in total. The van der Waals surface area contributed by atoms with Crippen molar-refractivity contribution < 1.29 is 9.90 Å². The molecule has 5 heteroatoms. The molecule has 1 amide bonds. The van der Waals surface area contributed by atoms with Crippen LogP contribution in [0.4, 0.5) is 0 Å². The van der Waals surface area contributed by atoms with Crippen molar-refractivity contribution >= 4 is 16.9 Å². The molecule has 28 heavy (non-hydrogen) atoms. The molecular formula is C23H31N3O2. The number of pyridine rings is 1. The Labute approximate surface area is 166 Å². The van der Waals surface area contributed by atoms with E-state index in [0.29, 0.717) is 24.2 Å². The zero-order valence-corrected chi connectivity index (χ0v) is 17.0. The van der Waals surface area contributed by atoms with Crippen LogP contribution >= 0.6 is 0 Å². The Bertz CT molecular complexity index is 892. The van der Waals surface area contributed by atoms with E-state index < -0.39 is 5.60 Å². The van der Waals surface area contributed by atoms with Gasteiger partial charge in [-0.15, -0.1) is 0 Å². The SMILES string of the molecule is Cn1ccc2ccc(CC3CCC4(CC3)CN(C(=O)[C@H]3C[C@@](C)(O)C3)C4)nc21. The molecular weight excluding hydrogens is 350 g/mol. The van der Waals surface area contributed by atoms with Crippen LogP contribution in [0, 0.1) is 17.3 Å². The number of aliphatic hydroxyl groups is 1. The molecule has 2 aliphatic carbocycles. The van der Waals surface area contributed by atoms with Gasteiger partial charge >= 0.3 is 0 Å². The van der Waals surface area contributed by atoms with Crippen LogP contribution in [0.5, 0.6) is 0 Å². The van der Waals surface area contributed by atoms with Crippen LogP contribution < -0.4 is 0 Å². The van der Waals surface area contributed by atoms with Gasteiger partial charge in [0.2, 0.25) is 5.91 Å². The van der Waals surface area contributed by atoms with Crippen molar-refractivity contribution in [2.45, 2.75) is 57.5 Å². The standard InChI is InChI=1S/C23H31N3O2/c1-22(28)12-18(13-22)21(27)26-14-23(15-26)8-5-16(6-9-23)11-19-4-3-17-7-10-25(2)20(17)24-19/h3-4,7,10,16,18,28H,5-6,8-9,11-15H2,1-2H3/t18-,22+. The summed E-state index contributed by atoms with van der Waals surface area (Å²) in [7, 11) is 2.05. The summed E-state index contributed by atoms with van der Waals surface area (Å²) in [5.74, 6) is 1.05. The zero-order valence-electron chi connectivity index (χ0n) is 17.0. The maximum Gasteiger partial charge on any atom is 0.225 e. The quantitative estimate of drug-likeness (QED) is 0.887. The lowest BCUT2D eigenvalue weighted by atomic mass is 9.64. The number of carbonyl (C=O) groups is 1. The highest BCUT2D eigenvalue weighted by Gasteiger charge is 2.51. The van der Waals surface area contributed by atoms with Crippen molar-refractivity contribution in [2.24, 2.45) is 24.3 Å². The Morgan fingerprint density at radius 2 is 1.93 bits per heavy atom. The highest BCUT2D eigenvalue weighted by molar-refractivity contribution is 5.81. The summed E-state index contributed by atoms with van der Waals surface area (Å²) in [6, 6.07) is 6.49. The molecule has 2 aromatic rings. The van der Waals surface area contributed by atoms with Crippen LogP contribution in [0.2, 0.25) is 0 Å². The number of hydrogen-bond donors (Lipinski definition) is 1. The minimum absolute atomic E-state index is 0.0576. The summed E-state index contributed by atoms with van der Waals surface area (Å²) in [6.45, 7) is 3.70. The zero-order chi connectivity index (χ0) is 19.5. The molecule has 3 aliphatic rings. The number of hydrogen-bond acceptors (Lipinski definition) is 3. The molecule has 0 aromatic carbocycles. The Morgan fingerprint density at radius 1 is 1.21 bits per heavy atom. The Kier molecular flexibility index (Phi) is 4.10. The highest BCUT2D eigenvalue weighted by atomic mass is 16.3. The fourth-order valence-electron chi connectivity index (χ4n) is 5.75. The molecule has 3 fully saturated rings. The van der Waals surface area contributed by atoms with E-state index in [9.17, 15) is 9.90 Å². The third-order valence-electron chi connectivity index (χ3n) is 7.52. The minimum Gasteiger partial charge on any atom is -0.390 e. The lowest BCUT2D eigenvalue weighted by molar-refractivity contribution is -0.163. The smallest absolute Gasteiger partial charge is 0.225 e. The van der Waals surface area contributed by atoms with Gasteiger partial charge in [0.15, 0.2) is 0 Å². The largest absolute Gasteiger partial charge is 0.390 e. The number of fused-ring (bicyclic) bond motifs is 1. The average Bonchev–Trinajstić information content (AvgIpc) is 2.99. The van der Waals surface area contributed by atoms with E-state index in [-0.39, 0.29) is 11.8 Å². The summed E-state index contributed by atoms with van der Waals surface area (Å²) >= 11 is 0. The summed E-state index contributed by atoms with van der Waals surface area (Å²) in [5, 5.41) is 11.1. The Balaban J connectivity index is 1.13. The maximum absolute atomic E-state index is 12.5. The van der Waals surface area contributed by atoms with Crippen LogP contribution in [0.3, 0.4) is 0 Å². The van der Waals surface area contributed by atoms with Gasteiger partial charge in [-0.25, -0.2) is 4.98 Å². The molecule has 2 aromatic heterocycles. The number of likely N-dealkylation sites (tertiary alicyclic amines) is 1. The van der Waals surface area contributed by atoms with Gasteiger partial charge < -0.3 is 14.6 Å². The monoisotopic (exact) mass is 381 g/mol. The van der Waals surface area contributed by atoms with Gasteiger partial charge in [-0.1, -0.05) is 0 Å². The third kappa shape index (κ3) is 3.14. The summed E-state index contributed by atoms with van der Waals surface area (Å²) < 4.78 is 2.09. The van der Waals surface area contributed by atoms with Gasteiger partial charge in [0.05, 0.1) is 5.60 Å². The van der Waals surface area contributed by atoms with Crippen LogP contribution in [0.25, 0.3) is 11.0 Å². The van der Waals surface area contributed by atoms with Gasteiger partial charge in [0.25, 0.3) is 0 Å². The predicted molar refractivity (Wildman–Crippen MR) is 109 cm³/mol. The second-order valence-electron chi connectivity index (χ2n) is 10.1. The van der Waals surface area contributed by atoms with Gasteiger partial charge in [-0.2, -0.15) is 0 Å². The third-order valence-corrected chi connectivity index (χ3v) is 7.52. The first-order chi connectivity index (χ1) is 13.3. The van der Waals surface area contributed by atoms with E-state index in [1.165, 1.54) is 36.8 Å². The van der Waals surface area contributed by atoms with Crippen molar-refractivity contribution in [1.29, 1.82) is 0 Å². The van der Waals surface area contributed by atoms with Gasteiger partial charge in [-0.3, -0.25) is 4.79 Å². The number of amides is 1. The molecule has 150 valence electrons. The van der Waals surface area contributed by atoms with E-state index in [2.05, 4.69) is 36.0 Å². The van der Waals surface area contributed by atoms with Crippen molar-refractivity contribution in [2.75, 3.05) is 13.1 Å². The number of carbonyl (C=O) groups excluding carboxylic acids is 1. The molecule has 2 saturated carbocycles. The molecule has 0 radical (unpaired) electrons. The topological polar surface area (TPSA) is 58.4 Å². The van der Waals surface area contributed by atoms with Gasteiger partial charge in [-0.05, 0) is 76.0 Å². The Hall–Kier alpha value is -1.88. The van der Waals surface area contributed by atoms with Crippen LogP contribution in [-0.2, 0) is 18.3 Å². The number of rotatable bonds is 3. The number of aryl methyl sites for hydroxylation is 1. The minimum atomic E-state index is -0.614. The van der Waals surface area contributed by atoms with E-state index >= 15 is 0 Å². The van der Waals surface area contributed by atoms with Crippen molar-refractivity contribution in [1.82, 2.24) is 14.5 Å². The van der Waals surface area contributed by atoms with Gasteiger partial charge in [0, 0.05) is 48.7 Å². The normalized spacial score (nSPS) is 29.7. The summed E-state index contributed by atoms with van der Waals surface area (Å²) in [4.78, 5) is 19.5. The average molecular weight is 382 g/mol. The molecule has 3 heterocycles. The molecule has 1 spiro atoms. The lowest BCUT2D eigenvalue weighted by Gasteiger charge is -2.55. The molecule has 0 unspecified atom stereocenters. The fraction of sp³-hybridized carbons (Fsp3) is 0.652. The second kappa shape index (κ2) is 6.31. The molecule has 0 atom stereocenters. The summed E-state index contributed by atoms with van der Waals surface area (Å²) in [5.41, 5.74) is 2.04. The molecule has 5 rings (SSSR count). The molecule has 5 nitrogen and oxygen atoms in total. The highest BCUT2D eigenvalue weighted by Crippen LogP contribution is 2.48. The maximum atomic E-state index is 12.5.